The van der Waals surface area contributed by atoms with Gasteiger partial charge in [-0.15, -0.1) is 0 Å². The van der Waals surface area contributed by atoms with Crippen LogP contribution in [0, 0.1) is 12.8 Å². The predicted octanol–water partition coefficient (Wildman–Crippen LogP) is 4.85. The number of oxazole rings is 1. The number of carbonyl (C=O) groups excluding carboxylic acids is 1. The Morgan fingerprint density at radius 2 is 2.03 bits per heavy atom. The normalized spacial score (nSPS) is 17.3. The van der Waals surface area contributed by atoms with E-state index in [-0.39, 0.29) is 11.8 Å². The third-order valence-corrected chi connectivity index (χ3v) is 6.75. The van der Waals surface area contributed by atoms with Crippen LogP contribution in [0.3, 0.4) is 0 Å². The topological polar surface area (TPSA) is 70.4 Å². The molecular weight excluding hydrogens is 460 g/mol. The van der Waals surface area contributed by atoms with Crippen molar-refractivity contribution in [1.82, 2.24) is 20.5 Å². The van der Waals surface area contributed by atoms with Crippen LogP contribution in [0.4, 0.5) is 0 Å². The van der Waals surface area contributed by atoms with E-state index in [9.17, 15) is 4.79 Å². The molecule has 1 saturated heterocycles. The second-order valence-corrected chi connectivity index (χ2v) is 9.88. The molecule has 1 fully saturated rings. The summed E-state index contributed by atoms with van der Waals surface area (Å²) in [5.74, 6) is 1.54. The highest BCUT2D eigenvalue weighted by Gasteiger charge is 2.27. The highest BCUT2D eigenvalue weighted by molar-refractivity contribution is 6.30. The summed E-state index contributed by atoms with van der Waals surface area (Å²) >= 11 is 6.12. The van der Waals surface area contributed by atoms with E-state index in [0.29, 0.717) is 30.0 Å². The quantitative estimate of drug-likeness (QED) is 0.394. The van der Waals surface area contributed by atoms with Crippen molar-refractivity contribution in [1.29, 1.82) is 0 Å². The van der Waals surface area contributed by atoms with Crippen LogP contribution in [-0.2, 0) is 17.8 Å². The van der Waals surface area contributed by atoms with Crippen LogP contribution in [0.15, 0.2) is 59.0 Å². The van der Waals surface area contributed by atoms with Crippen molar-refractivity contribution in [3.63, 3.8) is 0 Å². The molecule has 2 atom stereocenters. The van der Waals surface area contributed by atoms with Crippen LogP contribution < -0.4 is 10.6 Å². The first kappa shape index (κ1) is 25.4. The number of aromatic nitrogens is 1. The number of piperidine rings is 1. The number of halogens is 1. The minimum Gasteiger partial charge on any atom is -0.441 e. The number of nitrogens with zero attached hydrogens (tertiary/aromatic N) is 2. The Hall–Kier alpha value is -2.67. The molecular formula is C28H35ClN4O2. The Labute approximate surface area is 213 Å². The van der Waals surface area contributed by atoms with Crippen LogP contribution >= 0.6 is 11.6 Å². The fourth-order valence-electron chi connectivity index (χ4n) is 4.63. The van der Waals surface area contributed by atoms with E-state index in [1.807, 2.05) is 37.3 Å². The molecule has 2 heterocycles. The van der Waals surface area contributed by atoms with Gasteiger partial charge in [-0.1, -0.05) is 48.0 Å². The summed E-state index contributed by atoms with van der Waals surface area (Å²) in [6, 6.07) is 18.4. The largest absolute Gasteiger partial charge is 0.441 e. The van der Waals surface area contributed by atoms with Crippen molar-refractivity contribution in [2.75, 3.05) is 26.2 Å². The summed E-state index contributed by atoms with van der Waals surface area (Å²) in [5, 5.41) is 7.29. The van der Waals surface area contributed by atoms with Crippen LogP contribution in [0.1, 0.15) is 36.8 Å². The number of hydrogen-bond acceptors (Lipinski definition) is 5. The molecule has 1 amide bonds. The van der Waals surface area contributed by atoms with E-state index >= 15 is 0 Å². The maximum atomic E-state index is 12.8. The summed E-state index contributed by atoms with van der Waals surface area (Å²) in [6.45, 7) is 7.90. The van der Waals surface area contributed by atoms with Gasteiger partial charge >= 0.3 is 0 Å². The zero-order valence-corrected chi connectivity index (χ0v) is 21.4. The monoisotopic (exact) mass is 494 g/mol. The van der Waals surface area contributed by atoms with Crippen molar-refractivity contribution in [3.05, 3.63) is 76.6 Å². The van der Waals surface area contributed by atoms with Crippen LogP contribution in [0.2, 0.25) is 5.02 Å². The van der Waals surface area contributed by atoms with Crippen LogP contribution in [0.5, 0.6) is 0 Å². The number of benzene rings is 2. The summed E-state index contributed by atoms with van der Waals surface area (Å²) in [5.41, 5.74) is 3.10. The van der Waals surface area contributed by atoms with Gasteiger partial charge in [0.25, 0.3) is 0 Å². The average molecular weight is 495 g/mol. The Morgan fingerprint density at radius 3 is 2.83 bits per heavy atom. The molecule has 4 rings (SSSR count). The molecule has 0 spiro atoms. The SMILES string of the molecule is Cc1oc(-c2cccc(Cl)c2)nc1CN1CCCC(C(=O)NCCNC(C)Cc2ccccc2)C1. The molecule has 0 aliphatic carbocycles. The number of aryl methyl sites for hydroxylation is 1. The molecule has 0 saturated carbocycles. The number of likely N-dealkylation sites (tertiary alicyclic amines) is 1. The van der Waals surface area contributed by atoms with Crippen molar-refractivity contribution >= 4 is 17.5 Å². The zero-order valence-electron chi connectivity index (χ0n) is 20.6. The Bertz CT molecular complexity index is 1100. The van der Waals surface area contributed by atoms with Crippen LogP contribution in [-0.4, -0.2) is 48.0 Å². The standard InChI is InChI=1S/C28H35ClN4O2/c1-20(16-22-8-4-3-5-9-22)30-13-14-31-27(34)24-11-7-15-33(18-24)19-26-21(2)35-28(32-26)23-10-6-12-25(29)17-23/h3-6,8-10,12,17,20,24,30H,7,11,13-16,18-19H2,1-2H3,(H,31,34). The number of rotatable bonds is 10. The Balaban J connectivity index is 1.22. The third-order valence-electron chi connectivity index (χ3n) is 6.52. The zero-order chi connectivity index (χ0) is 24.6. The van der Waals surface area contributed by atoms with Gasteiger partial charge in [0, 0.05) is 42.8 Å². The number of hydrogen-bond donors (Lipinski definition) is 2. The second kappa shape index (κ2) is 12.3. The highest BCUT2D eigenvalue weighted by atomic mass is 35.5. The molecule has 0 bridgehead atoms. The van der Waals surface area contributed by atoms with E-state index < -0.39 is 0 Å². The third kappa shape index (κ3) is 7.40. The number of carbonyl (C=O) groups is 1. The first-order chi connectivity index (χ1) is 17.0. The summed E-state index contributed by atoms with van der Waals surface area (Å²) in [6.07, 6.45) is 2.90. The van der Waals surface area contributed by atoms with E-state index in [0.717, 1.165) is 55.9 Å². The maximum Gasteiger partial charge on any atom is 0.226 e. The maximum absolute atomic E-state index is 12.8. The molecule has 2 N–H and O–H groups in total. The Morgan fingerprint density at radius 1 is 1.20 bits per heavy atom. The molecule has 2 unspecified atom stereocenters. The molecule has 1 aliphatic rings. The highest BCUT2D eigenvalue weighted by Crippen LogP contribution is 2.26. The van der Waals surface area contributed by atoms with E-state index in [2.05, 4.69) is 46.7 Å². The lowest BCUT2D eigenvalue weighted by molar-refractivity contribution is -0.126. The molecule has 6 nitrogen and oxygen atoms in total. The average Bonchev–Trinajstić information content (AvgIpc) is 3.22. The number of nitrogens with one attached hydrogen (secondary N) is 2. The van der Waals surface area contributed by atoms with E-state index in [4.69, 9.17) is 21.0 Å². The lowest BCUT2D eigenvalue weighted by atomic mass is 9.97. The first-order valence-corrected chi connectivity index (χ1v) is 12.9. The molecule has 1 aliphatic heterocycles. The number of amides is 1. The molecule has 7 heteroatoms. The van der Waals surface area contributed by atoms with Gasteiger partial charge in [-0.3, -0.25) is 9.69 Å². The molecule has 0 radical (unpaired) electrons. The van der Waals surface area contributed by atoms with Crippen molar-refractivity contribution < 1.29 is 9.21 Å². The second-order valence-electron chi connectivity index (χ2n) is 9.44. The van der Waals surface area contributed by atoms with Gasteiger partial charge in [-0.2, -0.15) is 0 Å². The van der Waals surface area contributed by atoms with Crippen LogP contribution in [0.25, 0.3) is 11.5 Å². The fraction of sp³-hybridized carbons (Fsp3) is 0.429. The van der Waals surface area contributed by atoms with Gasteiger partial charge in [0.1, 0.15) is 5.76 Å². The van der Waals surface area contributed by atoms with Crippen molar-refractivity contribution in [2.24, 2.45) is 5.92 Å². The molecule has 3 aromatic rings. The van der Waals surface area contributed by atoms with Gasteiger partial charge in [-0.05, 0) is 63.4 Å². The smallest absolute Gasteiger partial charge is 0.226 e. The minimum atomic E-state index is 0.00472. The summed E-state index contributed by atoms with van der Waals surface area (Å²) in [4.78, 5) is 19.8. The van der Waals surface area contributed by atoms with Gasteiger partial charge < -0.3 is 15.1 Å². The molecule has 186 valence electrons. The van der Waals surface area contributed by atoms with E-state index in [1.165, 1.54) is 5.56 Å². The first-order valence-electron chi connectivity index (χ1n) is 12.5. The summed E-state index contributed by atoms with van der Waals surface area (Å²) < 4.78 is 5.91. The summed E-state index contributed by atoms with van der Waals surface area (Å²) in [7, 11) is 0. The van der Waals surface area contributed by atoms with Crippen molar-refractivity contribution in [2.45, 2.75) is 45.7 Å². The predicted molar refractivity (Wildman–Crippen MR) is 140 cm³/mol. The fourth-order valence-corrected chi connectivity index (χ4v) is 4.82. The lowest BCUT2D eigenvalue weighted by Crippen LogP contribution is -2.44. The van der Waals surface area contributed by atoms with Gasteiger partial charge in [-0.25, -0.2) is 4.98 Å². The van der Waals surface area contributed by atoms with E-state index in [1.54, 1.807) is 0 Å². The van der Waals surface area contributed by atoms with Gasteiger partial charge in [0.2, 0.25) is 11.8 Å². The molecule has 2 aromatic carbocycles. The lowest BCUT2D eigenvalue weighted by Gasteiger charge is -2.31. The van der Waals surface area contributed by atoms with Gasteiger partial charge in [0.15, 0.2) is 0 Å². The van der Waals surface area contributed by atoms with Crippen molar-refractivity contribution in [3.8, 4) is 11.5 Å². The Kier molecular flexibility index (Phi) is 8.96. The van der Waals surface area contributed by atoms with Gasteiger partial charge in [0.05, 0.1) is 11.6 Å². The minimum absolute atomic E-state index is 0.00472. The molecule has 1 aromatic heterocycles. The molecule has 35 heavy (non-hydrogen) atoms.